The molecule has 0 N–H and O–H groups in total. The minimum absolute atomic E-state index is 0.00714. The van der Waals surface area contributed by atoms with Gasteiger partial charge in [0.25, 0.3) is 5.91 Å². The highest BCUT2D eigenvalue weighted by Crippen LogP contribution is 2.25. The summed E-state index contributed by atoms with van der Waals surface area (Å²) in [6.45, 7) is 2.58. The summed E-state index contributed by atoms with van der Waals surface area (Å²) in [6.07, 6.45) is 3.15. The number of halogens is 1. The number of benzene rings is 1. The molecule has 0 unspecified atom stereocenters. The quantitative estimate of drug-likeness (QED) is 0.787. The average Bonchev–Trinajstić information content (AvgIpc) is 2.70. The summed E-state index contributed by atoms with van der Waals surface area (Å²) in [5, 5.41) is 0. The van der Waals surface area contributed by atoms with E-state index in [1.54, 1.807) is 4.90 Å². The minimum Gasteiger partial charge on any atom is -0.381 e. The number of rotatable bonds is 5. The molecule has 2 heterocycles. The molecule has 1 aromatic carbocycles. The molecule has 2 saturated heterocycles. The predicted octanol–water partition coefficient (Wildman–Crippen LogP) is 2.08. The van der Waals surface area contributed by atoms with Gasteiger partial charge >= 0.3 is 0 Å². The Morgan fingerprint density at radius 3 is 2.30 bits per heavy atom. The Kier molecular flexibility index (Phi) is 6.79. The van der Waals surface area contributed by atoms with Crippen LogP contribution >= 0.6 is 0 Å². The van der Waals surface area contributed by atoms with E-state index in [1.165, 1.54) is 31.4 Å². The fourth-order valence-corrected chi connectivity index (χ4v) is 3.99. The molecule has 0 radical (unpaired) electrons. The molecule has 1 aromatic rings. The van der Waals surface area contributed by atoms with Crippen LogP contribution in [0.4, 0.5) is 4.39 Å². The van der Waals surface area contributed by atoms with E-state index >= 15 is 0 Å². The summed E-state index contributed by atoms with van der Waals surface area (Å²) in [6, 6.07) is 5.91. The first kappa shape index (κ1) is 19.8. The van der Waals surface area contributed by atoms with Crippen LogP contribution in [0.2, 0.25) is 0 Å². The third kappa shape index (κ3) is 4.84. The molecule has 3 rings (SSSR count). The van der Waals surface area contributed by atoms with Gasteiger partial charge in [-0.15, -0.1) is 0 Å². The van der Waals surface area contributed by atoms with Crippen LogP contribution in [-0.2, 0) is 14.3 Å². The molecule has 2 aliphatic rings. The molecule has 0 atom stereocenters. The Labute approximate surface area is 159 Å². The Hall–Kier alpha value is -1.99. The van der Waals surface area contributed by atoms with Crippen molar-refractivity contribution in [1.29, 1.82) is 0 Å². The zero-order chi connectivity index (χ0) is 19.2. The van der Waals surface area contributed by atoms with E-state index in [-0.39, 0.29) is 36.3 Å². The van der Waals surface area contributed by atoms with Crippen LogP contribution in [0, 0.1) is 5.82 Å². The maximum atomic E-state index is 13.1. The lowest BCUT2D eigenvalue weighted by atomic mass is 9.97. The normalized spacial score (nSPS) is 19.1. The predicted molar refractivity (Wildman–Crippen MR) is 97.9 cm³/mol. The van der Waals surface area contributed by atoms with Crippen molar-refractivity contribution in [3.8, 4) is 0 Å². The van der Waals surface area contributed by atoms with Crippen LogP contribution in [0.15, 0.2) is 24.3 Å². The molecule has 0 bridgehead atoms. The van der Waals surface area contributed by atoms with Gasteiger partial charge in [-0.25, -0.2) is 4.39 Å². The number of amides is 2. The topological polar surface area (TPSA) is 59.1 Å². The Morgan fingerprint density at radius 2 is 1.70 bits per heavy atom. The Bertz CT molecular complexity index is 638. The van der Waals surface area contributed by atoms with Gasteiger partial charge < -0.3 is 19.3 Å². The first-order valence-electron chi connectivity index (χ1n) is 9.53. The van der Waals surface area contributed by atoms with Crippen LogP contribution in [-0.4, -0.2) is 73.7 Å². The fourth-order valence-electron chi connectivity index (χ4n) is 3.99. The van der Waals surface area contributed by atoms with Crippen molar-refractivity contribution >= 4 is 11.8 Å². The molecule has 6 nitrogen and oxygen atoms in total. The molecule has 0 aromatic heterocycles. The molecule has 2 aliphatic heterocycles. The molecule has 148 valence electrons. The van der Waals surface area contributed by atoms with Crippen molar-refractivity contribution in [3.05, 3.63) is 35.6 Å². The molecule has 0 aliphatic carbocycles. The van der Waals surface area contributed by atoms with Crippen LogP contribution < -0.4 is 0 Å². The summed E-state index contributed by atoms with van der Waals surface area (Å²) in [5.74, 6) is -0.434. The summed E-state index contributed by atoms with van der Waals surface area (Å²) in [5.41, 5.74) is 0.492. The maximum Gasteiger partial charge on any atom is 0.253 e. The Morgan fingerprint density at radius 1 is 1.11 bits per heavy atom. The number of piperidine rings is 1. The minimum atomic E-state index is -0.353. The Balaban J connectivity index is 1.63. The second kappa shape index (κ2) is 9.28. The SMILES string of the molecule is COCC(=O)N(C1CCOCC1)C1CCN(C(=O)c2ccc(F)cc2)CC1. The van der Waals surface area contributed by atoms with E-state index in [0.29, 0.717) is 31.9 Å². The number of likely N-dealkylation sites (tertiary alicyclic amines) is 1. The van der Waals surface area contributed by atoms with E-state index in [1.807, 2.05) is 4.90 Å². The van der Waals surface area contributed by atoms with Crippen LogP contribution in [0.25, 0.3) is 0 Å². The standard InChI is InChI=1S/C20H27FN2O4/c1-26-14-19(24)23(18-8-12-27-13-9-18)17-6-10-22(11-7-17)20(25)15-2-4-16(21)5-3-15/h2-5,17-18H,6-14H2,1H3. The van der Waals surface area contributed by atoms with Crippen molar-refractivity contribution in [2.75, 3.05) is 40.0 Å². The van der Waals surface area contributed by atoms with Gasteiger partial charge in [0.2, 0.25) is 5.91 Å². The second-order valence-electron chi connectivity index (χ2n) is 7.11. The van der Waals surface area contributed by atoms with Crippen molar-refractivity contribution in [3.63, 3.8) is 0 Å². The zero-order valence-electron chi connectivity index (χ0n) is 15.7. The van der Waals surface area contributed by atoms with Gasteiger partial charge in [-0.3, -0.25) is 9.59 Å². The maximum absolute atomic E-state index is 13.1. The summed E-state index contributed by atoms with van der Waals surface area (Å²) >= 11 is 0. The number of carbonyl (C=O) groups excluding carboxylic acids is 2. The number of nitrogens with zero attached hydrogens (tertiary/aromatic N) is 2. The van der Waals surface area contributed by atoms with Crippen molar-refractivity contribution in [2.45, 2.75) is 37.8 Å². The molecule has 0 saturated carbocycles. The van der Waals surface area contributed by atoms with Gasteiger partial charge in [0.1, 0.15) is 12.4 Å². The number of hydrogen-bond acceptors (Lipinski definition) is 4. The molecular weight excluding hydrogens is 351 g/mol. The third-order valence-electron chi connectivity index (χ3n) is 5.38. The number of methoxy groups -OCH3 is 1. The lowest BCUT2D eigenvalue weighted by molar-refractivity contribution is -0.143. The lowest BCUT2D eigenvalue weighted by Crippen LogP contribution is -2.54. The van der Waals surface area contributed by atoms with Gasteiger partial charge in [0.05, 0.1) is 0 Å². The van der Waals surface area contributed by atoms with Crippen LogP contribution in [0.3, 0.4) is 0 Å². The highest BCUT2D eigenvalue weighted by molar-refractivity contribution is 5.94. The van der Waals surface area contributed by atoms with Gasteiger partial charge in [0, 0.05) is 51.1 Å². The first-order valence-corrected chi connectivity index (χ1v) is 9.53. The lowest BCUT2D eigenvalue weighted by Gasteiger charge is -2.43. The van der Waals surface area contributed by atoms with Crippen LogP contribution in [0.5, 0.6) is 0 Å². The first-order chi connectivity index (χ1) is 13.1. The zero-order valence-corrected chi connectivity index (χ0v) is 15.7. The van der Waals surface area contributed by atoms with Gasteiger partial charge in [0.15, 0.2) is 0 Å². The van der Waals surface area contributed by atoms with Crippen molar-refractivity contribution < 1.29 is 23.5 Å². The highest BCUT2D eigenvalue weighted by atomic mass is 19.1. The monoisotopic (exact) mass is 378 g/mol. The third-order valence-corrected chi connectivity index (χ3v) is 5.38. The number of ether oxygens (including phenoxy) is 2. The summed E-state index contributed by atoms with van der Waals surface area (Å²) in [4.78, 5) is 29.0. The van der Waals surface area contributed by atoms with E-state index in [9.17, 15) is 14.0 Å². The average molecular weight is 378 g/mol. The summed E-state index contributed by atoms with van der Waals surface area (Å²) in [7, 11) is 1.53. The number of carbonyl (C=O) groups is 2. The van der Waals surface area contributed by atoms with E-state index in [4.69, 9.17) is 9.47 Å². The molecule has 2 amide bonds. The fraction of sp³-hybridized carbons (Fsp3) is 0.600. The van der Waals surface area contributed by atoms with Gasteiger partial charge in [-0.1, -0.05) is 0 Å². The highest BCUT2D eigenvalue weighted by Gasteiger charge is 2.34. The van der Waals surface area contributed by atoms with E-state index in [2.05, 4.69) is 0 Å². The van der Waals surface area contributed by atoms with Gasteiger partial charge in [-0.05, 0) is 49.9 Å². The summed E-state index contributed by atoms with van der Waals surface area (Å²) < 4.78 is 23.6. The van der Waals surface area contributed by atoms with Crippen molar-refractivity contribution in [1.82, 2.24) is 9.80 Å². The molecule has 7 heteroatoms. The molecule has 27 heavy (non-hydrogen) atoms. The smallest absolute Gasteiger partial charge is 0.253 e. The van der Waals surface area contributed by atoms with Crippen LogP contribution in [0.1, 0.15) is 36.0 Å². The second-order valence-corrected chi connectivity index (χ2v) is 7.11. The largest absolute Gasteiger partial charge is 0.381 e. The van der Waals surface area contributed by atoms with E-state index < -0.39 is 0 Å². The number of hydrogen-bond donors (Lipinski definition) is 0. The molecular formula is C20H27FN2O4. The molecule has 0 spiro atoms. The van der Waals surface area contributed by atoms with Crippen molar-refractivity contribution in [2.24, 2.45) is 0 Å². The molecule has 2 fully saturated rings. The van der Waals surface area contributed by atoms with Gasteiger partial charge in [-0.2, -0.15) is 0 Å². The van der Waals surface area contributed by atoms with E-state index in [0.717, 1.165) is 25.7 Å².